The Kier molecular flexibility index (Phi) is 6.66. The van der Waals surface area contributed by atoms with Crippen molar-refractivity contribution in [1.29, 1.82) is 0 Å². The Balaban J connectivity index is 0.000000178. The van der Waals surface area contributed by atoms with Gasteiger partial charge in [0.15, 0.2) is 0 Å². The maximum Gasteiger partial charge on any atom is 0.123 e. The smallest absolute Gasteiger partial charge is 0.123 e. The Morgan fingerprint density at radius 1 is 0.964 bits per heavy atom. The second-order valence-electron chi connectivity index (χ2n) is 6.90. The molecule has 0 bridgehead atoms. The molecule has 3 aromatic carbocycles. The lowest BCUT2D eigenvalue weighted by atomic mass is 9.94. The van der Waals surface area contributed by atoms with Gasteiger partial charge in [-0.3, -0.25) is 0 Å². The molecule has 0 aromatic heterocycles. The highest BCUT2D eigenvalue weighted by molar-refractivity contribution is 5.51. The molecule has 0 spiro atoms. The van der Waals surface area contributed by atoms with Gasteiger partial charge in [0.2, 0.25) is 0 Å². The highest BCUT2D eigenvalue weighted by atomic mass is 19.1. The molecule has 0 radical (unpaired) electrons. The number of aliphatic hydroxyl groups excluding tert-OH is 1. The number of aliphatic hydroxyl groups is 1. The van der Waals surface area contributed by atoms with E-state index in [2.05, 4.69) is 29.2 Å². The maximum absolute atomic E-state index is 12.4. The lowest BCUT2D eigenvalue weighted by Gasteiger charge is -2.43. The molecular weight excluding hydrogens is 353 g/mol. The Morgan fingerprint density at radius 2 is 1.61 bits per heavy atom. The fourth-order valence-corrected chi connectivity index (χ4v) is 3.28. The van der Waals surface area contributed by atoms with Gasteiger partial charge in [0.1, 0.15) is 11.6 Å². The van der Waals surface area contributed by atoms with Gasteiger partial charge in [0.05, 0.1) is 12.1 Å². The molecular formula is C24H26FNO2. The minimum absolute atomic E-state index is 0.267. The van der Waals surface area contributed by atoms with Crippen LogP contribution in [0.3, 0.4) is 0 Å². The molecule has 2 atom stereocenters. The van der Waals surface area contributed by atoms with E-state index in [1.54, 1.807) is 24.3 Å². The van der Waals surface area contributed by atoms with Crippen LogP contribution in [0.25, 0.3) is 0 Å². The number of benzene rings is 3. The number of anilines is 1. The topological polar surface area (TPSA) is 43.7 Å². The number of halogens is 1. The Morgan fingerprint density at radius 3 is 2.14 bits per heavy atom. The van der Waals surface area contributed by atoms with Crippen LogP contribution >= 0.6 is 0 Å². The Labute approximate surface area is 165 Å². The summed E-state index contributed by atoms with van der Waals surface area (Å²) in [6.45, 7) is 2.99. The van der Waals surface area contributed by atoms with Crippen molar-refractivity contribution in [2.45, 2.75) is 31.9 Å². The molecule has 1 heterocycles. The van der Waals surface area contributed by atoms with Crippen LogP contribution in [0.4, 0.5) is 10.1 Å². The SMILES string of the molecule is CCC(O)c1ccc(F)cc1.Oc1ccc(C2CCN2c2ccccc2)cc1. The molecule has 2 N–H and O–H groups in total. The largest absolute Gasteiger partial charge is 0.508 e. The van der Waals surface area contributed by atoms with Crippen molar-refractivity contribution in [3.8, 4) is 5.75 Å². The molecule has 0 aliphatic carbocycles. The van der Waals surface area contributed by atoms with Gasteiger partial charge in [0.25, 0.3) is 0 Å². The predicted octanol–water partition coefficient (Wildman–Crippen LogP) is 5.61. The zero-order valence-electron chi connectivity index (χ0n) is 16.0. The first-order valence-corrected chi connectivity index (χ1v) is 9.62. The molecule has 1 saturated heterocycles. The summed E-state index contributed by atoms with van der Waals surface area (Å²) in [5, 5.41) is 18.6. The van der Waals surface area contributed by atoms with Crippen molar-refractivity contribution in [3.05, 3.63) is 95.8 Å². The summed E-state index contributed by atoms with van der Waals surface area (Å²) in [6.07, 6.45) is 1.38. The van der Waals surface area contributed by atoms with Gasteiger partial charge in [-0.15, -0.1) is 0 Å². The van der Waals surface area contributed by atoms with Gasteiger partial charge in [0, 0.05) is 12.2 Å². The van der Waals surface area contributed by atoms with Gasteiger partial charge in [-0.05, 0) is 60.4 Å². The van der Waals surface area contributed by atoms with E-state index < -0.39 is 6.10 Å². The number of phenols is 1. The zero-order chi connectivity index (χ0) is 19.9. The summed E-state index contributed by atoms with van der Waals surface area (Å²) in [7, 11) is 0. The molecule has 2 unspecified atom stereocenters. The van der Waals surface area contributed by atoms with E-state index in [0.29, 0.717) is 18.2 Å². The molecule has 3 nitrogen and oxygen atoms in total. The van der Waals surface area contributed by atoms with Crippen molar-refractivity contribution < 1.29 is 14.6 Å². The van der Waals surface area contributed by atoms with E-state index in [-0.39, 0.29) is 5.82 Å². The first kappa shape index (κ1) is 19.9. The number of nitrogens with zero attached hydrogens (tertiary/aromatic N) is 1. The number of rotatable bonds is 4. The third-order valence-electron chi connectivity index (χ3n) is 5.03. The van der Waals surface area contributed by atoms with Crippen molar-refractivity contribution in [2.24, 2.45) is 0 Å². The van der Waals surface area contributed by atoms with Crippen LogP contribution in [-0.2, 0) is 0 Å². The van der Waals surface area contributed by atoms with E-state index in [9.17, 15) is 14.6 Å². The van der Waals surface area contributed by atoms with E-state index in [4.69, 9.17) is 0 Å². The number of hydrogen-bond donors (Lipinski definition) is 2. The molecule has 146 valence electrons. The van der Waals surface area contributed by atoms with Crippen LogP contribution in [0.2, 0.25) is 0 Å². The van der Waals surface area contributed by atoms with Crippen molar-refractivity contribution in [2.75, 3.05) is 11.4 Å². The Hall–Kier alpha value is -2.85. The average Bonchev–Trinajstić information content (AvgIpc) is 2.70. The van der Waals surface area contributed by atoms with E-state index >= 15 is 0 Å². The summed E-state index contributed by atoms with van der Waals surface area (Å²) in [5.74, 6) is 0.0661. The second-order valence-corrected chi connectivity index (χ2v) is 6.90. The van der Waals surface area contributed by atoms with Crippen LogP contribution in [0.1, 0.15) is 43.0 Å². The van der Waals surface area contributed by atoms with Crippen LogP contribution in [0.5, 0.6) is 5.75 Å². The van der Waals surface area contributed by atoms with Gasteiger partial charge >= 0.3 is 0 Å². The lowest BCUT2D eigenvalue weighted by Crippen LogP contribution is -2.40. The normalized spacial score (nSPS) is 16.5. The molecule has 0 amide bonds. The monoisotopic (exact) mass is 379 g/mol. The molecule has 3 aromatic rings. The predicted molar refractivity (Wildman–Crippen MR) is 111 cm³/mol. The quantitative estimate of drug-likeness (QED) is 0.619. The van der Waals surface area contributed by atoms with Crippen LogP contribution in [0.15, 0.2) is 78.9 Å². The van der Waals surface area contributed by atoms with E-state index in [1.165, 1.54) is 29.8 Å². The molecule has 28 heavy (non-hydrogen) atoms. The van der Waals surface area contributed by atoms with Gasteiger partial charge in [-0.1, -0.05) is 49.4 Å². The fraction of sp³-hybridized carbons (Fsp3) is 0.250. The van der Waals surface area contributed by atoms with Crippen molar-refractivity contribution in [1.82, 2.24) is 0 Å². The van der Waals surface area contributed by atoms with Gasteiger partial charge < -0.3 is 15.1 Å². The van der Waals surface area contributed by atoms with Gasteiger partial charge in [-0.25, -0.2) is 4.39 Å². The molecule has 4 heteroatoms. The second kappa shape index (κ2) is 9.38. The summed E-state index contributed by atoms with van der Waals surface area (Å²) in [6, 6.07) is 24.4. The van der Waals surface area contributed by atoms with Gasteiger partial charge in [-0.2, -0.15) is 0 Å². The average molecular weight is 379 g/mol. The maximum atomic E-state index is 12.4. The highest BCUT2D eigenvalue weighted by Gasteiger charge is 2.29. The minimum Gasteiger partial charge on any atom is -0.508 e. The fourth-order valence-electron chi connectivity index (χ4n) is 3.28. The molecule has 1 aliphatic rings. The van der Waals surface area contributed by atoms with Crippen molar-refractivity contribution in [3.63, 3.8) is 0 Å². The van der Waals surface area contributed by atoms with E-state index in [1.807, 2.05) is 25.1 Å². The molecule has 0 saturated carbocycles. The lowest BCUT2D eigenvalue weighted by molar-refractivity contribution is 0.173. The van der Waals surface area contributed by atoms with E-state index in [0.717, 1.165) is 12.1 Å². The molecule has 1 fully saturated rings. The number of phenolic OH excluding ortho intramolecular Hbond substituents is 1. The van der Waals surface area contributed by atoms with Crippen LogP contribution in [0, 0.1) is 5.82 Å². The third kappa shape index (κ3) is 4.90. The number of aromatic hydroxyl groups is 1. The first-order chi connectivity index (χ1) is 13.6. The third-order valence-corrected chi connectivity index (χ3v) is 5.03. The van der Waals surface area contributed by atoms with Crippen LogP contribution < -0.4 is 4.90 Å². The standard InChI is InChI=1S/C15H15NO.C9H11FO/c17-14-8-6-12(7-9-14)15-10-11-16(15)13-4-2-1-3-5-13;1-2-9(11)7-3-5-8(10)6-4-7/h1-9,15,17H,10-11H2;3-6,9,11H,2H2,1H3. The summed E-state index contributed by atoms with van der Waals surface area (Å²) in [4.78, 5) is 2.40. The zero-order valence-corrected chi connectivity index (χ0v) is 16.0. The number of para-hydroxylation sites is 1. The summed E-state index contributed by atoms with van der Waals surface area (Å²) < 4.78 is 12.4. The minimum atomic E-state index is -0.462. The summed E-state index contributed by atoms with van der Waals surface area (Å²) >= 11 is 0. The van der Waals surface area contributed by atoms with Crippen molar-refractivity contribution >= 4 is 5.69 Å². The molecule has 1 aliphatic heterocycles. The number of hydrogen-bond acceptors (Lipinski definition) is 3. The molecule has 4 rings (SSSR count). The highest BCUT2D eigenvalue weighted by Crippen LogP contribution is 2.37. The first-order valence-electron chi connectivity index (χ1n) is 9.62. The Bertz CT molecular complexity index is 850. The summed E-state index contributed by atoms with van der Waals surface area (Å²) in [5.41, 5.74) is 3.32. The van der Waals surface area contributed by atoms with Crippen LogP contribution in [-0.4, -0.2) is 16.8 Å².